The lowest BCUT2D eigenvalue weighted by Gasteiger charge is -2.38. The van der Waals surface area contributed by atoms with E-state index in [1.54, 1.807) is 35.2 Å². The second-order valence-corrected chi connectivity index (χ2v) is 9.91. The Morgan fingerprint density at radius 2 is 1.89 bits per heavy atom. The summed E-state index contributed by atoms with van der Waals surface area (Å²) in [4.78, 5) is 30.3. The number of nitrogens with one attached hydrogen (secondary N) is 2. The Kier molecular flexibility index (Phi) is 7.93. The van der Waals surface area contributed by atoms with Crippen molar-refractivity contribution in [2.45, 2.75) is 38.8 Å². The minimum absolute atomic E-state index is 0.0222. The molecule has 8 heteroatoms. The van der Waals surface area contributed by atoms with Crippen molar-refractivity contribution in [3.63, 3.8) is 0 Å². The molecule has 1 fully saturated rings. The maximum Gasteiger partial charge on any atom is 0.323 e. The summed E-state index contributed by atoms with van der Waals surface area (Å²) < 4.78 is 6.54. The number of likely N-dealkylation sites (N-methyl/N-ethyl adjacent to an activating group) is 1. The van der Waals surface area contributed by atoms with Gasteiger partial charge in [0.15, 0.2) is 5.75 Å². The number of benzene rings is 2. The number of urea groups is 1. The zero-order chi connectivity index (χ0) is 24.9. The van der Waals surface area contributed by atoms with E-state index in [0.717, 1.165) is 12.5 Å². The third-order valence-electron chi connectivity index (χ3n) is 6.73. The zero-order valence-electron chi connectivity index (χ0n) is 20.7. The summed E-state index contributed by atoms with van der Waals surface area (Å²) >= 11 is 0. The fraction of sp³-hybridized carbons (Fsp3) is 0.481. The molecule has 1 heterocycles. The summed E-state index contributed by atoms with van der Waals surface area (Å²) in [5.74, 6) is 0.925. The quantitative estimate of drug-likeness (QED) is 0.533. The second-order valence-electron chi connectivity index (χ2n) is 9.91. The molecule has 0 saturated heterocycles. The Morgan fingerprint density at radius 3 is 2.57 bits per heavy atom. The Bertz CT molecular complexity index is 1030. The molecule has 1 aliphatic carbocycles. The van der Waals surface area contributed by atoms with Gasteiger partial charge in [0.1, 0.15) is 6.10 Å². The molecule has 35 heavy (non-hydrogen) atoms. The van der Waals surface area contributed by atoms with E-state index in [-0.39, 0.29) is 30.6 Å². The van der Waals surface area contributed by atoms with Gasteiger partial charge in [0, 0.05) is 31.2 Å². The molecular weight excluding hydrogens is 444 g/mol. The van der Waals surface area contributed by atoms with E-state index in [2.05, 4.69) is 29.5 Å². The third kappa shape index (κ3) is 6.32. The lowest BCUT2D eigenvalue weighted by atomic mass is 9.99. The van der Waals surface area contributed by atoms with Crippen LogP contribution in [-0.2, 0) is 0 Å². The van der Waals surface area contributed by atoms with Crippen molar-refractivity contribution < 1.29 is 19.4 Å². The van der Waals surface area contributed by atoms with Gasteiger partial charge in [-0.1, -0.05) is 31.2 Å². The highest BCUT2D eigenvalue weighted by atomic mass is 16.5. The van der Waals surface area contributed by atoms with E-state index in [0.29, 0.717) is 35.8 Å². The molecule has 2 aromatic rings. The number of hydrogen-bond acceptors (Lipinski definition) is 5. The molecule has 3 N–H and O–H groups in total. The van der Waals surface area contributed by atoms with Crippen LogP contribution in [0.4, 0.5) is 16.2 Å². The van der Waals surface area contributed by atoms with E-state index in [9.17, 15) is 14.7 Å². The first-order valence-corrected chi connectivity index (χ1v) is 12.4. The summed E-state index contributed by atoms with van der Waals surface area (Å²) in [7, 11) is 2.10. The van der Waals surface area contributed by atoms with Crippen molar-refractivity contribution in [3.05, 3.63) is 54.1 Å². The molecule has 4 rings (SSSR count). The molecule has 3 amide bonds. The van der Waals surface area contributed by atoms with Crippen LogP contribution in [-0.4, -0.2) is 72.3 Å². The molecular formula is C27H36N4O4. The minimum Gasteiger partial charge on any atom is -0.486 e. The molecule has 0 bridgehead atoms. The number of aliphatic hydroxyl groups excluding tert-OH is 1. The van der Waals surface area contributed by atoms with Crippen LogP contribution in [0.15, 0.2) is 48.5 Å². The number of amides is 3. The molecule has 0 spiro atoms. The van der Waals surface area contributed by atoms with Crippen LogP contribution in [0.1, 0.15) is 37.0 Å². The first-order valence-electron chi connectivity index (χ1n) is 12.4. The van der Waals surface area contributed by atoms with E-state index < -0.39 is 6.03 Å². The van der Waals surface area contributed by atoms with Gasteiger partial charge >= 0.3 is 6.03 Å². The number of ether oxygens (including phenoxy) is 1. The molecule has 0 radical (unpaired) electrons. The Hall–Kier alpha value is -3.10. The molecule has 1 aliphatic heterocycles. The average Bonchev–Trinajstić information content (AvgIpc) is 3.65. The van der Waals surface area contributed by atoms with Crippen molar-refractivity contribution in [2.24, 2.45) is 11.8 Å². The van der Waals surface area contributed by atoms with E-state index in [1.807, 2.05) is 25.1 Å². The third-order valence-corrected chi connectivity index (χ3v) is 6.73. The fourth-order valence-corrected chi connectivity index (χ4v) is 4.49. The van der Waals surface area contributed by atoms with Gasteiger partial charge < -0.3 is 30.3 Å². The number of carbonyl (C=O) groups is 2. The highest BCUT2D eigenvalue weighted by molar-refractivity contribution is 6.04. The van der Waals surface area contributed by atoms with Gasteiger partial charge in [-0.2, -0.15) is 0 Å². The molecule has 3 atom stereocenters. The molecule has 1 saturated carbocycles. The number of nitrogens with zero attached hydrogens (tertiary/aromatic N) is 2. The van der Waals surface area contributed by atoms with Crippen LogP contribution >= 0.6 is 0 Å². The predicted octanol–water partition coefficient (Wildman–Crippen LogP) is 3.89. The first-order chi connectivity index (χ1) is 16.9. The van der Waals surface area contributed by atoms with Crippen LogP contribution in [0.2, 0.25) is 0 Å². The maximum atomic E-state index is 13.5. The van der Waals surface area contributed by atoms with Gasteiger partial charge in [-0.25, -0.2) is 4.79 Å². The second kappa shape index (κ2) is 11.1. The number of aliphatic hydroxyl groups is 1. The van der Waals surface area contributed by atoms with Crippen molar-refractivity contribution in [3.8, 4) is 5.75 Å². The average molecular weight is 481 g/mol. The maximum absolute atomic E-state index is 13.5. The number of anilines is 2. The van der Waals surface area contributed by atoms with Crippen molar-refractivity contribution in [1.82, 2.24) is 9.80 Å². The van der Waals surface area contributed by atoms with Gasteiger partial charge in [-0.05, 0) is 57.0 Å². The number of fused-ring (bicyclic) bond motifs is 1. The molecule has 2 aliphatic rings. The number of rotatable bonds is 8. The summed E-state index contributed by atoms with van der Waals surface area (Å²) in [6.45, 7) is 6.00. The van der Waals surface area contributed by atoms with Gasteiger partial charge in [-0.15, -0.1) is 0 Å². The monoisotopic (exact) mass is 480 g/mol. The number of para-hydroxylation sites is 2. The molecule has 2 aromatic carbocycles. The fourth-order valence-electron chi connectivity index (χ4n) is 4.49. The lowest BCUT2D eigenvalue weighted by Crippen LogP contribution is -2.50. The summed E-state index contributed by atoms with van der Waals surface area (Å²) in [5, 5.41) is 15.5. The molecule has 188 valence electrons. The Morgan fingerprint density at radius 1 is 1.14 bits per heavy atom. The summed E-state index contributed by atoms with van der Waals surface area (Å²) in [6.07, 6.45) is 2.35. The SMILES string of the molecule is C[C@H](CO)N1C[C@H](C)[C@H](CN(C)CC2CC2)Oc2c(NC(=O)Nc3ccccc3)cccc2C1=O. The molecule has 0 aromatic heterocycles. The lowest BCUT2D eigenvalue weighted by molar-refractivity contribution is 0.0346. The van der Waals surface area contributed by atoms with Crippen LogP contribution in [0.5, 0.6) is 5.75 Å². The van der Waals surface area contributed by atoms with Crippen LogP contribution in [0.25, 0.3) is 0 Å². The van der Waals surface area contributed by atoms with Gasteiger partial charge in [0.25, 0.3) is 5.91 Å². The van der Waals surface area contributed by atoms with Crippen LogP contribution in [0, 0.1) is 11.8 Å². The van der Waals surface area contributed by atoms with Crippen LogP contribution in [0.3, 0.4) is 0 Å². The van der Waals surface area contributed by atoms with Crippen molar-refractivity contribution in [2.75, 3.05) is 43.9 Å². The summed E-state index contributed by atoms with van der Waals surface area (Å²) in [6, 6.07) is 13.6. The Labute approximate surface area is 207 Å². The number of carbonyl (C=O) groups excluding carboxylic acids is 2. The van der Waals surface area contributed by atoms with Crippen LogP contribution < -0.4 is 15.4 Å². The molecule has 8 nitrogen and oxygen atoms in total. The first kappa shape index (κ1) is 25.0. The minimum atomic E-state index is -0.418. The van der Waals surface area contributed by atoms with Crippen molar-refractivity contribution >= 4 is 23.3 Å². The van der Waals surface area contributed by atoms with Crippen molar-refractivity contribution in [1.29, 1.82) is 0 Å². The predicted molar refractivity (Wildman–Crippen MR) is 137 cm³/mol. The Balaban J connectivity index is 1.63. The topological polar surface area (TPSA) is 94.1 Å². The normalized spacial score (nSPS) is 20.9. The standard InChI is InChI=1S/C27H36N4O4/c1-18-14-31(19(2)17-32)26(33)22-10-7-11-23(29-27(34)28-21-8-5-4-6-9-21)25(22)35-24(18)16-30(3)15-20-12-13-20/h4-11,18-20,24,32H,12-17H2,1-3H3,(H2,28,29,34)/t18-,19+,24-/m0/s1. The zero-order valence-corrected chi connectivity index (χ0v) is 20.7. The van der Waals surface area contributed by atoms with Gasteiger partial charge in [-0.3, -0.25) is 4.79 Å². The largest absolute Gasteiger partial charge is 0.486 e. The van der Waals surface area contributed by atoms with E-state index in [4.69, 9.17) is 4.74 Å². The molecule has 0 unspecified atom stereocenters. The van der Waals surface area contributed by atoms with Gasteiger partial charge in [0.2, 0.25) is 0 Å². The van der Waals surface area contributed by atoms with E-state index >= 15 is 0 Å². The summed E-state index contributed by atoms with van der Waals surface area (Å²) in [5.41, 5.74) is 1.48. The van der Waals surface area contributed by atoms with E-state index in [1.165, 1.54) is 12.8 Å². The van der Waals surface area contributed by atoms with Gasteiger partial charge in [0.05, 0.1) is 23.9 Å². The highest BCUT2D eigenvalue weighted by Crippen LogP contribution is 2.35. The highest BCUT2D eigenvalue weighted by Gasteiger charge is 2.35. The number of hydrogen-bond donors (Lipinski definition) is 3. The smallest absolute Gasteiger partial charge is 0.323 e.